The number of benzene rings is 1. The van der Waals surface area contributed by atoms with Crippen LogP contribution in [-0.4, -0.2) is 73.4 Å². The average molecular weight is 448 g/mol. The zero-order chi connectivity index (χ0) is 23.3. The van der Waals surface area contributed by atoms with Crippen LogP contribution in [0.4, 0.5) is 0 Å². The third kappa shape index (κ3) is 6.20. The normalized spacial score (nSPS) is 26.2. The van der Waals surface area contributed by atoms with Crippen LogP contribution in [0.3, 0.4) is 0 Å². The van der Waals surface area contributed by atoms with Crippen molar-refractivity contribution in [2.75, 3.05) is 6.61 Å². The average Bonchev–Trinajstić information content (AvgIpc) is 3.23. The van der Waals surface area contributed by atoms with Gasteiger partial charge in [0.15, 0.2) is 6.29 Å². The largest absolute Gasteiger partial charge is 0.388 e. The van der Waals surface area contributed by atoms with Crippen LogP contribution in [0.2, 0.25) is 0 Å². The molecule has 3 rings (SSSR count). The van der Waals surface area contributed by atoms with Crippen molar-refractivity contribution in [3.63, 3.8) is 0 Å². The van der Waals surface area contributed by atoms with E-state index < -0.39 is 30.7 Å². The fourth-order valence-corrected chi connectivity index (χ4v) is 3.48. The van der Waals surface area contributed by atoms with E-state index in [1.165, 1.54) is 4.68 Å². The number of unbranched alkanes of at least 4 members (excludes halogenated alkanes) is 1. The van der Waals surface area contributed by atoms with Crippen LogP contribution >= 0.6 is 0 Å². The van der Waals surface area contributed by atoms with Crippen LogP contribution in [0, 0.1) is 5.41 Å². The number of nitrogens with zero attached hydrogens (tertiary/aromatic N) is 3. The SMILES string of the molecule is CC(C)(C)C(=O)CCCCO[C@@H]1OC(Cn2cc(-c3ccccc3)nn2)[C@H](O)C(O)C1O. The minimum Gasteiger partial charge on any atom is -0.388 e. The molecule has 176 valence electrons. The molecule has 0 bridgehead atoms. The molecule has 0 aliphatic carbocycles. The number of carbonyl (C=O) groups is 1. The lowest BCUT2D eigenvalue weighted by atomic mass is 9.88. The van der Waals surface area contributed by atoms with Crippen LogP contribution in [0.1, 0.15) is 40.0 Å². The molecule has 1 aromatic heterocycles. The maximum absolute atomic E-state index is 12.0. The van der Waals surface area contributed by atoms with E-state index in [1.807, 2.05) is 51.1 Å². The molecule has 3 N–H and O–H groups in total. The monoisotopic (exact) mass is 447 g/mol. The van der Waals surface area contributed by atoms with E-state index >= 15 is 0 Å². The molecule has 9 heteroatoms. The van der Waals surface area contributed by atoms with Crippen molar-refractivity contribution < 1.29 is 29.6 Å². The van der Waals surface area contributed by atoms with E-state index in [1.54, 1.807) is 6.20 Å². The summed E-state index contributed by atoms with van der Waals surface area (Å²) in [5.41, 5.74) is 1.22. The summed E-state index contributed by atoms with van der Waals surface area (Å²) in [4.78, 5) is 12.0. The fourth-order valence-electron chi connectivity index (χ4n) is 3.48. The number of hydrogen-bond donors (Lipinski definition) is 3. The van der Waals surface area contributed by atoms with Gasteiger partial charge in [0.1, 0.15) is 35.9 Å². The molecule has 0 saturated carbocycles. The Morgan fingerprint density at radius 2 is 1.81 bits per heavy atom. The smallest absolute Gasteiger partial charge is 0.186 e. The lowest BCUT2D eigenvalue weighted by Gasteiger charge is -2.40. The molecule has 0 radical (unpaired) electrons. The molecule has 0 amide bonds. The van der Waals surface area contributed by atoms with E-state index in [2.05, 4.69) is 10.3 Å². The van der Waals surface area contributed by atoms with E-state index in [-0.39, 0.29) is 24.3 Å². The number of aliphatic hydroxyl groups excluding tert-OH is 3. The van der Waals surface area contributed by atoms with E-state index in [4.69, 9.17) is 9.47 Å². The lowest BCUT2D eigenvalue weighted by Crippen LogP contribution is -2.59. The van der Waals surface area contributed by atoms with Gasteiger partial charge in [0.05, 0.1) is 12.7 Å². The Morgan fingerprint density at radius 3 is 2.50 bits per heavy atom. The van der Waals surface area contributed by atoms with Crippen molar-refractivity contribution in [3.05, 3.63) is 36.5 Å². The van der Waals surface area contributed by atoms with Crippen molar-refractivity contribution in [3.8, 4) is 11.3 Å². The van der Waals surface area contributed by atoms with Crippen molar-refractivity contribution in [1.29, 1.82) is 0 Å². The highest BCUT2D eigenvalue weighted by molar-refractivity contribution is 5.83. The molecule has 2 aromatic rings. The summed E-state index contributed by atoms with van der Waals surface area (Å²) in [5, 5.41) is 39.1. The van der Waals surface area contributed by atoms with Gasteiger partial charge in [-0.25, -0.2) is 4.68 Å². The molecule has 1 aliphatic rings. The van der Waals surface area contributed by atoms with Gasteiger partial charge in [-0.3, -0.25) is 4.79 Å². The molecule has 1 fully saturated rings. The lowest BCUT2D eigenvalue weighted by molar-refractivity contribution is -0.299. The predicted molar refractivity (Wildman–Crippen MR) is 116 cm³/mol. The van der Waals surface area contributed by atoms with Gasteiger partial charge in [0.25, 0.3) is 0 Å². The molecule has 3 unspecified atom stereocenters. The molecule has 1 aliphatic heterocycles. The number of aliphatic hydroxyl groups is 3. The minimum absolute atomic E-state index is 0.130. The Hall–Kier alpha value is -2.17. The highest BCUT2D eigenvalue weighted by atomic mass is 16.7. The van der Waals surface area contributed by atoms with Crippen LogP contribution in [0.15, 0.2) is 36.5 Å². The van der Waals surface area contributed by atoms with Gasteiger partial charge in [0, 0.05) is 24.0 Å². The molecule has 0 spiro atoms. The number of Topliss-reactive ketones (excluding diaryl/α,β-unsaturated/α-hetero) is 1. The summed E-state index contributed by atoms with van der Waals surface area (Å²) in [6.07, 6.45) is -2.58. The molecule has 1 aromatic carbocycles. The second-order valence-electron chi connectivity index (χ2n) is 9.21. The second kappa shape index (κ2) is 10.6. The summed E-state index contributed by atoms with van der Waals surface area (Å²) < 4.78 is 12.9. The summed E-state index contributed by atoms with van der Waals surface area (Å²) in [5.74, 6) is 0.188. The Kier molecular flexibility index (Phi) is 8.13. The third-order valence-electron chi connectivity index (χ3n) is 5.56. The van der Waals surface area contributed by atoms with E-state index in [0.29, 0.717) is 25.0 Å². The molecule has 1 saturated heterocycles. The topological polar surface area (TPSA) is 127 Å². The van der Waals surface area contributed by atoms with Crippen molar-refractivity contribution in [2.45, 2.75) is 77.3 Å². The first kappa shape index (κ1) is 24.5. The first-order valence-electron chi connectivity index (χ1n) is 11.0. The summed E-state index contributed by atoms with van der Waals surface area (Å²) in [7, 11) is 0. The molecule has 2 heterocycles. The molecule has 9 nitrogen and oxygen atoms in total. The Bertz CT molecular complexity index is 866. The molecule has 32 heavy (non-hydrogen) atoms. The van der Waals surface area contributed by atoms with Gasteiger partial charge in [-0.05, 0) is 12.8 Å². The number of hydrogen-bond acceptors (Lipinski definition) is 8. The Labute approximate surface area is 188 Å². The molecular formula is C23H33N3O6. The highest BCUT2D eigenvalue weighted by Crippen LogP contribution is 2.24. The van der Waals surface area contributed by atoms with Gasteiger partial charge in [-0.1, -0.05) is 56.3 Å². The first-order chi connectivity index (χ1) is 15.2. The van der Waals surface area contributed by atoms with Crippen LogP contribution in [0.5, 0.6) is 0 Å². The van der Waals surface area contributed by atoms with Crippen LogP contribution in [-0.2, 0) is 20.8 Å². The number of rotatable bonds is 9. The van der Waals surface area contributed by atoms with Gasteiger partial charge >= 0.3 is 0 Å². The number of carbonyl (C=O) groups excluding carboxylic acids is 1. The Morgan fingerprint density at radius 1 is 1.09 bits per heavy atom. The maximum Gasteiger partial charge on any atom is 0.186 e. The first-order valence-corrected chi connectivity index (χ1v) is 11.0. The zero-order valence-corrected chi connectivity index (χ0v) is 18.8. The second-order valence-corrected chi connectivity index (χ2v) is 9.21. The van der Waals surface area contributed by atoms with Crippen molar-refractivity contribution in [2.24, 2.45) is 5.41 Å². The van der Waals surface area contributed by atoms with Gasteiger partial charge < -0.3 is 24.8 Å². The standard InChI is InChI=1S/C23H33N3O6/c1-23(2,3)18(27)11-7-8-12-31-22-21(30)20(29)19(28)17(32-22)14-26-13-16(24-25-26)15-9-5-4-6-10-15/h4-6,9-10,13,17,19-22,28-30H,7-8,11-12,14H2,1-3H3/t17?,19-,20?,21?,22+/m0/s1. The highest BCUT2D eigenvalue weighted by Gasteiger charge is 2.44. The zero-order valence-electron chi connectivity index (χ0n) is 18.8. The van der Waals surface area contributed by atoms with Gasteiger partial charge in [0.2, 0.25) is 0 Å². The van der Waals surface area contributed by atoms with E-state index in [0.717, 1.165) is 5.56 Å². The van der Waals surface area contributed by atoms with E-state index in [9.17, 15) is 20.1 Å². The minimum atomic E-state index is -1.42. The Balaban J connectivity index is 1.53. The summed E-state index contributed by atoms with van der Waals surface area (Å²) >= 11 is 0. The molecule has 5 atom stereocenters. The van der Waals surface area contributed by atoms with Crippen LogP contribution in [0.25, 0.3) is 11.3 Å². The van der Waals surface area contributed by atoms with Crippen molar-refractivity contribution >= 4 is 5.78 Å². The number of ether oxygens (including phenoxy) is 2. The third-order valence-corrected chi connectivity index (χ3v) is 5.56. The maximum atomic E-state index is 12.0. The van der Waals surface area contributed by atoms with Gasteiger partial charge in [-0.2, -0.15) is 0 Å². The summed E-state index contributed by atoms with van der Waals surface area (Å²) in [6.45, 7) is 6.06. The number of ketones is 1. The summed E-state index contributed by atoms with van der Waals surface area (Å²) in [6, 6.07) is 9.55. The molecular weight excluding hydrogens is 414 g/mol. The van der Waals surface area contributed by atoms with Crippen LogP contribution < -0.4 is 0 Å². The predicted octanol–water partition coefficient (Wildman–Crippen LogP) is 1.55. The fraction of sp³-hybridized carbons (Fsp3) is 0.609. The quantitative estimate of drug-likeness (QED) is 0.494. The number of aromatic nitrogens is 3. The van der Waals surface area contributed by atoms with Gasteiger partial charge in [-0.15, -0.1) is 5.10 Å². The van der Waals surface area contributed by atoms with Crippen molar-refractivity contribution in [1.82, 2.24) is 15.0 Å².